The van der Waals surface area contributed by atoms with Gasteiger partial charge in [0.05, 0.1) is 12.6 Å². The highest BCUT2D eigenvalue weighted by Gasteiger charge is 2.38. The lowest BCUT2D eigenvalue weighted by atomic mass is 10.2. The van der Waals surface area contributed by atoms with Gasteiger partial charge in [0.1, 0.15) is 6.04 Å². The molecule has 0 aromatic heterocycles. The number of carboxylic acid groups (broad SMARTS) is 1. The Kier molecular flexibility index (Phi) is 4.90. The van der Waals surface area contributed by atoms with E-state index in [0.717, 1.165) is 4.90 Å². The van der Waals surface area contributed by atoms with E-state index in [1.54, 1.807) is 6.92 Å². The maximum Gasteiger partial charge on any atom is 0.326 e. The standard InChI is InChI=1S/C10H17N3O5/c1-2-11-8(15)4-12-10(18)13-5-6(14)3-7(13)9(16)17/h6-7,14H,2-5H2,1H3,(H,11,15)(H,12,18)(H,16,17)/t6?,7-/m0/s1. The van der Waals surface area contributed by atoms with Crippen molar-refractivity contribution in [1.29, 1.82) is 0 Å². The number of aliphatic hydroxyl groups excluding tert-OH is 1. The first-order valence-electron chi connectivity index (χ1n) is 5.67. The SMILES string of the molecule is CCNC(=O)CNC(=O)N1CC(O)C[C@H]1C(=O)O. The molecule has 1 aliphatic heterocycles. The minimum absolute atomic E-state index is 0.00388. The van der Waals surface area contributed by atoms with Crippen LogP contribution in [0.5, 0.6) is 0 Å². The molecule has 1 heterocycles. The van der Waals surface area contributed by atoms with Crippen molar-refractivity contribution in [1.82, 2.24) is 15.5 Å². The van der Waals surface area contributed by atoms with Gasteiger partial charge >= 0.3 is 12.0 Å². The van der Waals surface area contributed by atoms with Gasteiger partial charge in [0, 0.05) is 19.5 Å². The van der Waals surface area contributed by atoms with E-state index in [1.165, 1.54) is 0 Å². The summed E-state index contributed by atoms with van der Waals surface area (Å²) in [5, 5.41) is 23.1. The number of nitrogens with zero attached hydrogens (tertiary/aromatic N) is 1. The molecule has 8 heteroatoms. The van der Waals surface area contributed by atoms with E-state index in [-0.39, 0.29) is 25.4 Å². The van der Waals surface area contributed by atoms with E-state index in [2.05, 4.69) is 10.6 Å². The van der Waals surface area contributed by atoms with Crippen LogP contribution < -0.4 is 10.6 Å². The van der Waals surface area contributed by atoms with Crippen LogP contribution in [0, 0.1) is 0 Å². The number of β-amino-alcohol motifs (C(OH)–C–C–N with tert-alkyl or cyclic N) is 1. The lowest BCUT2D eigenvalue weighted by molar-refractivity contribution is -0.141. The number of carboxylic acids is 1. The minimum Gasteiger partial charge on any atom is -0.480 e. The van der Waals surface area contributed by atoms with Gasteiger partial charge in [0.25, 0.3) is 0 Å². The second-order valence-electron chi connectivity index (χ2n) is 4.01. The minimum atomic E-state index is -1.17. The first-order valence-corrected chi connectivity index (χ1v) is 5.67. The summed E-state index contributed by atoms with van der Waals surface area (Å²) in [4.78, 5) is 34.7. The Morgan fingerprint density at radius 3 is 2.56 bits per heavy atom. The first kappa shape index (κ1) is 14.2. The average Bonchev–Trinajstić information content (AvgIpc) is 2.69. The second kappa shape index (κ2) is 6.20. The molecule has 8 nitrogen and oxygen atoms in total. The van der Waals surface area contributed by atoms with Crippen molar-refractivity contribution in [3.63, 3.8) is 0 Å². The van der Waals surface area contributed by atoms with Crippen molar-refractivity contribution >= 4 is 17.9 Å². The predicted molar refractivity (Wildman–Crippen MR) is 60.8 cm³/mol. The Morgan fingerprint density at radius 1 is 1.33 bits per heavy atom. The van der Waals surface area contributed by atoms with E-state index in [1.807, 2.05) is 0 Å². The molecule has 0 spiro atoms. The van der Waals surface area contributed by atoms with Crippen LogP contribution >= 0.6 is 0 Å². The molecule has 2 atom stereocenters. The number of likely N-dealkylation sites (tertiary alicyclic amines) is 1. The van der Waals surface area contributed by atoms with Crippen molar-refractivity contribution in [3.8, 4) is 0 Å². The van der Waals surface area contributed by atoms with Crippen LogP contribution in [0.25, 0.3) is 0 Å². The van der Waals surface area contributed by atoms with Crippen LogP contribution in [-0.2, 0) is 9.59 Å². The Bertz CT molecular complexity index is 346. The zero-order valence-electron chi connectivity index (χ0n) is 10.0. The molecular formula is C10H17N3O5. The maximum atomic E-state index is 11.7. The maximum absolute atomic E-state index is 11.7. The Morgan fingerprint density at radius 2 is 2.00 bits per heavy atom. The smallest absolute Gasteiger partial charge is 0.326 e. The summed E-state index contributed by atoms with van der Waals surface area (Å²) in [6.45, 7) is 1.94. The van der Waals surface area contributed by atoms with Crippen molar-refractivity contribution in [3.05, 3.63) is 0 Å². The highest BCUT2D eigenvalue weighted by atomic mass is 16.4. The highest BCUT2D eigenvalue weighted by molar-refractivity contribution is 5.87. The number of aliphatic carboxylic acids is 1. The number of likely N-dealkylation sites (N-methyl/N-ethyl adjacent to an activating group) is 1. The molecule has 0 radical (unpaired) electrons. The van der Waals surface area contributed by atoms with Crippen molar-refractivity contribution in [2.45, 2.75) is 25.5 Å². The monoisotopic (exact) mass is 259 g/mol. The molecule has 1 fully saturated rings. The molecule has 3 amide bonds. The number of amides is 3. The summed E-state index contributed by atoms with van der Waals surface area (Å²) in [5.74, 6) is -1.52. The zero-order chi connectivity index (χ0) is 13.7. The fourth-order valence-corrected chi connectivity index (χ4v) is 1.79. The average molecular weight is 259 g/mol. The molecule has 1 unspecified atom stereocenters. The van der Waals surface area contributed by atoms with Crippen LogP contribution in [0.3, 0.4) is 0 Å². The van der Waals surface area contributed by atoms with Gasteiger partial charge in [-0.2, -0.15) is 0 Å². The van der Waals surface area contributed by atoms with Gasteiger partial charge in [-0.25, -0.2) is 9.59 Å². The highest BCUT2D eigenvalue weighted by Crippen LogP contribution is 2.17. The summed E-state index contributed by atoms with van der Waals surface area (Å²) in [6.07, 6.45) is -0.842. The van der Waals surface area contributed by atoms with Crippen LogP contribution in [0.15, 0.2) is 0 Å². The van der Waals surface area contributed by atoms with Gasteiger partial charge in [0.2, 0.25) is 5.91 Å². The molecule has 0 bridgehead atoms. The number of carbonyl (C=O) groups is 3. The molecule has 1 rings (SSSR count). The lowest BCUT2D eigenvalue weighted by Gasteiger charge is -2.21. The van der Waals surface area contributed by atoms with Crippen LogP contribution in [-0.4, -0.2) is 64.8 Å². The largest absolute Gasteiger partial charge is 0.480 e. The van der Waals surface area contributed by atoms with Gasteiger partial charge in [-0.15, -0.1) is 0 Å². The Hall–Kier alpha value is -1.83. The molecule has 4 N–H and O–H groups in total. The van der Waals surface area contributed by atoms with Gasteiger partial charge in [-0.3, -0.25) is 4.79 Å². The molecule has 18 heavy (non-hydrogen) atoms. The van der Waals surface area contributed by atoms with Crippen molar-refractivity contribution < 1.29 is 24.6 Å². The molecule has 0 saturated carbocycles. The third-order valence-corrected chi connectivity index (χ3v) is 2.60. The quantitative estimate of drug-likeness (QED) is 0.482. The topological polar surface area (TPSA) is 119 Å². The van der Waals surface area contributed by atoms with E-state index in [0.29, 0.717) is 6.54 Å². The molecule has 1 aliphatic rings. The molecule has 0 aromatic rings. The van der Waals surface area contributed by atoms with Crippen molar-refractivity contribution in [2.75, 3.05) is 19.6 Å². The number of carbonyl (C=O) groups excluding carboxylic acids is 2. The summed E-state index contributed by atoms with van der Waals surface area (Å²) in [7, 11) is 0. The number of urea groups is 1. The summed E-state index contributed by atoms with van der Waals surface area (Å²) in [6, 6.07) is -1.71. The fraction of sp³-hybridized carbons (Fsp3) is 0.700. The van der Waals surface area contributed by atoms with E-state index in [9.17, 15) is 19.5 Å². The Labute approximate surface area is 104 Å². The van der Waals surface area contributed by atoms with Crippen LogP contribution in [0.2, 0.25) is 0 Å². The lowest BCUT2D eigenvalue weighted by Crippen LogP contribution is -2.48. The molecule has 102 valence electrons. The molecular weight excluding hydrogens is 242 g/mol. The van der Waals surface area contributed by atoms with Gasteiger partial charge in [-0.05, 0) is 6.92 Å². The number of aliphatic hydroxyl groups is 1. The molecule has 0 aromatic carbocycles. The third kappa shape index (κ3) is 3.59. The summed E-state index contributed by atoms with van der Waals surface area (Å²) in [5.41, 5.74) is 0. The van der Waals surface area contributed by atoms with E-state index in [4.69, 9.17) is 5.11 Å². The van der Waals surface area contributed by atoms with Gasteiger partial charge in [-0.1, -0.05) is 0 Å². The summed E-state index contributed by atoms with van der Waals surface area (Å²) >= 11 is 0. The van der Waals surface area contributed by atoms with Crippen molar-refractivity contribution in [2.24, 2.45) is 0 Å². The molecule has 1 saturated heterocycles. The van der Waals surface area contributed by atoms with Crippen LogP contribution in [0.1, 0.15) is 13.3 Å². The van der Waals surface area contributed by atoms with Gasteiger partial charge < -0.3 is 25.7 Å². The summed E-state index contributed by atoms with van der Waals surface area (Å²) < 4.78 is 0. The molecule has 0 aliphatic carbocycles. The number of hydrogen-bond donors (Lipinski definition) is 4. The normalized spacial score (nSPS) is 22.7. The second-order valence-corrected chi connectivity index (χ2v) is 4.01. The third-order valence-electron chi connectivity index (χ3n) is 2.60. The number of hydrogen-bond acceptors (Lipinski definition) is 4. The number of rotatable bonds is 4. The van der Waals surface area contributed by atoms with E-state index < -0.39 is 24.1 Å². The van der Waals surface area contributed by atoms with Crippen LogP contribution in [0.4, 0.5) is 4.79 Å². The van der Waals surface area contributed by atoms with E-state index >= 15 is 0 Å². The first-order chi connectivity index (χ1) is 8.45. The predicted octanol–water partition coefficient (Wildman–Crippen LogP) is -1.65. The Balaban J connectivity index is 2.50. The van der Waals surface area contributed by atoms with Gasteiger partial charge in [0.15, 0.2) is 0 Å². The fourth-order valence-electron chi connectivity index (χ4n) is 1.79. The number of nitrogens with one attached hydrogen (secondary N) is 2. The zero-order valence-corrected chi connectivity index (χ0v) is 10.0.